The predicted octanol–water partition coefficient (Wildman–Crippen LogP) is 4.80. The lowest BCUT2D eigenvalue weighted by Crippen LogP contribution is -2.34. The molecular formula is C21H35NO2. The number of esters is 1. The largest absolute Gasteiger partial charge is 0.465 e. The van der Waals surface area contributed by atoms with E-state index in [0.717, 1.165) is 19.3 Å². The van der Waals surface area contributed by atoms with E-state index in [1.807, 2.05) is 6.07 Å². The molecule has 0 unspecified atom stereocenters. The van der Waals surface area contributed by atoms with Crippen molar-refractivity contribution in [2.24, 2.45) is 5.73 Å². The Bertz CT molecular complexity index is 459. The van der Waals surface area contributed by atoms with Crippen molar-refractivity contribution in [3.63, 3.8) is 0 Å². The monoisotopic (exact) mass is 333 g/mol. The van der Waals surface area contributed by atoms with Crippen LogP contribution in [-0.2, 0) is 22.4 Å². The smallest absolute Gasteiger partial charge is 0.323 e. The van der Waals surface area contributed by atoms with Crippen molar-refractivity contribution in [2.75, 3.05) is 6.61 Å². The molecule has 1 aromatic carbocycles. The molecule has 0 aliphatic heterocycles. The first-order chi connectivity index (χ1) is 11.7. The summed E-state index contributed by atoms with van der Waals surface area (Å²) in [6.07, 6.45) is 11.0. The van der Waals surface area contributed by atoms with Crippen molar-refractivity contribution < 1.29 is 9.53 Å². The number of carbonyl (C=O) groups excluding carboxylic acids is 1. The normalized spacial score (nSPS) is 12.1. The fourth-order valence-corrected chi connectivity index (χ4v) is 2.87. The Morgan fingerprint density at radius 2 is 1.58 bits per heavy atom. The SMILES string of the molecule is CCCCCCCOC(=O)[C@@H](N)Cc1ccccc1CCCCC. The van der Waals surface area contributed by atoms with Crippen LogP contribution in [0.25, 0.3) is 0 Å². The van der Waals surface area contributed by atoms with Gasteiger partial charge in [0.15, 0.2) is 0 Å². The molecule has 0 radical (unpaired) electrons. The summed E-state index contributed by atoms with van der Waals surface area (Å²) in [5.41, 5.74) is 8.56. The van der Waals surface area contributed by atoms with E-state index in [2.05, 4.69) is 32.0 Å². The highest BCUT2D eigenvalue weighted by molar-refractivity contribution is 5.76. The first kappa shape index (κ1) is 20.7. The Labute approximate surface area is 148 Å². The van der Waals surface area contributed by atoms with Gasteiger partial charge in [0.25, 0.3) is 0 Å². The molecule has 0 bridgehead atoms. The molecule has 0 fully saturated rings. The van der Waals surface area contributed by atoms with Crippen LogP contribution in [0.1, 0.15) is 76.3 Å². The van der Waals surface area contributed by atoms with Gasteiger partial charge in [-0.05, 0) is 36.8 Å². The quantitative estimate of drug-likeness (QED) is 0.416. The number of hydrogen-bond acceptors (Lipinski definition) is 3. The molecule has 0 amide bonds. The second-order valence-corrected chi connectivity index (χ2v) is 6.62. The van der Waals surface area contributed by atoms with E-state index in [9.17, 15) is 4.79 Å². The van der Waals surface area contributed by atoms with Crippen LogP contribution in [0.2, 0.25) is 0 Å². The lowest BCUT2D eigenvalue weighted by molar-refractivity contribution is -0.145. The number of hydrogen-bond donors (Lipinski definition) is 1. The first-order valence-electron chi connectivity index (χ1n) is 9.68. The zero-order chi connectivity index (χ0) is 17.6. The number of unbranched alkanes of at least 4 members (excludes halogenated alkanes) is 6. The minimum atomic E-state index is -0.562. The van der Waals surface area contributed by atoms with Gasteiger partial charge in [-0.15, -0.1) is 0 Å². The average molecular weight is 334 g/mol. The van der Waals surface area contributed by atoms with Crippen LogP contribution < -0.4 is 5.73 Å². The molecule has 2 N–H and O–H groups in total. The summed E-state index contributed by atoms with van der Waals surface area (Å²) in [6, 6.07) is 7.75. The Kier molecular flexibility index (Phi) is 11.2. The van der Waals surface area contributed by atoms with Crippen LogP contribution in [0.3, 0.4) is 0 Å². The van der Waals surface area contributed by atoms with Gasteiger partial charge in [-0.1, -0.05) is 76.6 Å². The van der Waals surface area contributed by atoms with Gasteiger partial charge in [0, 0.05) is 0 Å². The van der Waals surface area contributed by atoms with Crippen LogP contribution in [0, 0.1) is 0 Å². The van der Waals surface area contributed by atoms with E-state index >= 15 is 0 Å². The molecule has 0 aliphatic rings. The third-order valence-electron chi connectivity index (χ3n) is 4.40. The van der Waals surface area contributed by atoms with E-state index in [4.69, 9.17) is 10.5 Å². The molecule has 0 spiro atoms. The molecule has 0 aromatic heterocycles. The predicted molar refractivity (Wildman–Crippen MR) is 101 cm³/mol. The van der Waals surface area contributed by atoms with E-state index in [0.29, 0.717) is 13.0 Å². The maximum atomic E-state index is 12.1. The third kappa shape index (κ3) is 8.49. The molecule has 1 atom stereocenters. The highest BCUT2D eigenvalue weighted by Crippen LogP contribution is 2.15. The summed E-state index contributed by atoms with van der Waals surface area (Å²) in [4.78, 5) is 12.1. The molecule has 1 aromatic rings. The summed E-state index contributed by atoms with van der Waals surface area (Å²) < 4.78 is 5.33. The minimum absolute atomic E-state index is 0.270. The van der Waals surface area contributed by atoms with E-state index < -0.39 is 6.04 Å². The summed E-state index contributed by atoms with van der Waals surface area (Å²) in [5.74, 6) is -0.270. The minimum Gasteiger partial charge on any atom is -0.465 e. The van der Waals surface area contributed by atoms with Crippen LogP contribution in [0.5, 0.6) is 0 Å². The molecule has 3 nitrogen and oxygen atoms in total. The number of nitrogens with two attached hydrogens (primary N) is 1. The molecule has 0 saturated heterocycles. The van der Waals surface area contributed by atoms with Crippen molar-refractivity contribution >= 4 is 5.97 Å². The summed E-state index contributed by atoms with van der Waals surface area (Å²) in [6.45, 7) is 4.90. The number of carbonyl (C=O) groups is 1. The second kappa shape index (κ2) is 13.0. The topological polar surface area (TPSA) is 52.3 Å². The van der Waals surface area contributed by atoms with Crippen molar-refractivity contribution in [2.45, 2.75) is 84.1 Å². The van der Waals surface area contributed by atoms with Crippen LogP contribution >= 0.6 is 0 Å². The summed E-state index contributed by atoms with van der Waals surface area (Å²) in [7, 11) is 0. The molecule has 1 rings (SSSR count). The number of ether oxygens (including phenoxy) is 1. The Morgan fingerprint density at radius 3 is 2.29 bits per heavy atom. The standard InChI is InChI=1S/C21H35NO2/c1-3-5-7-8-12-16-24-21(23)20(22)17-19-15-11-10-14-18(19)13-9-6-4-2/h10-11,14-15,20H,3-9,12-13,16-17,22H2,1-2H3/t20-/m0/s1. The number of aryl methyl sites for hydroxylation is 1. The molecule has 136 valence electrons. The molecule has 0 saturated carbocycles. The van der Waals surface area contributed by atoms with Gasteiger partial charge >= 0.3 is 5.97 Å². The number of rotatable bonds is 13. The number of benzene rings is 1. The van der Waals surface area contributed by atoms with Gasteiger partial charge in [0.2, 0.25) is 0 Å². The lowest BCUT2D eigenvalue weighted by atomic mass is 9.96. The highest BCUT2D eigenvalue weighted by Gasteiger charge is 2.17. The maximum absolute atomic E-state index is 12.1. The summed E-state index contributed by atoms with van der Waals surface area (Å²) in [5, 5.41) is 0. The maximum Gasteiger partial charge on any atom is 0.323 e. The highest BCUT2D eigenvalue weighted by atomic mass is 16.5. The van der Waals surface area contributed by atoms with Crippen LogP contribution in [0.4, 0.5) is 0 Å². The fourth-order valence-electron chi connectivity index (χ4n) is 2.87. The van der Waals surface area contributed by atoms with Gasteiger partial charge in [-0.25, -0.2) is 0 Å². The van der Waals surface area contributed by atoms with Crippen molar-refractivity contribution in [1.29, 1.82) is 0 Å². The van der Waals surface area contributed by atoms with E-state index in [1.54, 1.807) is 0 Å². The Balaban J connectivity index is 2.37. The molecule has 24 heavy (non-hydrogen) atoms. The van der Waals surface area contributed by atoms with Crippen LogP contribution in [-0.4, -0.2) is 18.6 Å². The zero-order valence-corrected chi connectivity index (χ0v) is 15.6. The Hall–Kier alpha value is -1.35. The second-order valence-electron chi connectivity index (χ2n) is 6.62. The average Bonchev–Trinajstić information content (AvgIpc) is 2.59. The van der Waals surface area contributed by atoms with Gasteiger partial charge in [-0.2, -0.15) is 0 Å². The van der Waals surface area contributed by atoms with Gasteiger partial charge < -0.3 is 10.5 Å². The van der Waals surface area contributed by atoms with E-state index in [-0.39, 0.29) is 5.97 Å². The molecule has 0 aliphatic carbocycles. The van der Waals surface area contributed by atoms with E-state index in [1.165, 1.54) is 49.7 Å². The summed E-state index contributed by atoms with van der Waals surface area (Å²) >= 11 is 0. The fraction of sp³-hybridized carbons (Fsp3) is 0.667. The lowest BCUT2D eigenvalue weighted by Gasteiger charge is -2.14. The van der Waals surface area contributed by atoms with Gasteiger partial charge in [0.05, 0.1) is 6.61 Å². The molecule has 3 heteroatoms. The molecule has 0 heterocycles. The third-order valence-corrected chi connectivity index (χ3v) is 4.40. The first-order valence-corrected chi connectivity index (χ1v) is 9.68. The molecular weight excluding hydrogens is 298 g/mol. The van der Waals surface area contributed by atoms with Crippen molar-refractivity contribution in [3.8, 4) is 0 Å². The van der Waals surface area contributed by atoms with Gasteiger partial charge in [0.1, 0.15) is 6.04 Å². The zero-order valence-electron chi connectivity index (χ0n) is 15.6. The van der Waals surface area contributed by atoms with Crippen molar-refractivity contribution in [3.05, 3.63) is 35.4 Å². The Morgan fingerprint density at radius 1 is 0.958 bits per heavy atom. The van der Waals surface area contributed by atoms with Crippen LogP contribution in [0.15, 0.2) is 24.3 Å². The van der Waals surface area contributed by atoms with Gasteiger partial charge in [-0.3, -0.25) is 4.79 Å². The van der Waals surface area contributed by atoms with Crippen molar-refractivity contribution in [1.82, 2.24) is 0 Å².